The van der Waals surface area contributed by atoms with Gasteiger partial charge in [-0.3, -0.25) is 0 Å². The SMILES string of the molecule is CCC(CNC)c1cc(C)cc(C)c1OC. The van der Waals surface area contributed by atoms with Gasteiger partial charge in [0, 0.05) is 6.54 Å². The van der Waals surface area contributed by atoms with E-state index in [0.717, 1.165) is 18.7 Å². The maximum atomic E-state index is 5.53. The number of ether oxygens (including phenoxy) is 1. The summed E-state index contributed by atoms with van der Waals surface area (Å²) in [4.78, 5) is 0. The molecular formula is C14H23NO. The molecule has 2 nitrogen and oxygen atoms in total. The standard InChI is InChI=1S/C14H23NO/c1-6-12(9-15-4)13-8-10(2)7-11(3)14(13)16-5/h7-8,12,15H,6,9H2,1-5H3. The van der Waals surface area contributed by atoms with Crippen LogP contribution in [0.2, 0.25) is 0 Å². The summed E-state index contributed by atoms with van der Waals surface area (Å²) in [5.41, 5.74) is 3.87. The van der Waals surface area contributed by atoms with E-state index in [1.807, 2.05) is 7.05 Å². The van der Waals surface area contributed by atoms with Crippen LogP contribution in [0.3, 0.4) is 0 Å². The topological polar surface area (TPSA) is 21.3 Å². The van der Waals surface area contributed by atoms with Crippen molar-refractivity contribution in [2.45, 2.75) is 33.1 Å². The number of methoxy groups -OCH3 is 1. The molecule has 2 heteroatoms. The monoisotopic (exact) mass is 221 g/mol. The van der Waals surface area contributed by atoms with Gasteiger partial charge in [0.05, 0.1) is 7.11 Å². The number of likely N-dealkylation sites (N-methyl/N-ethyl adjacent to an activating group) is 1. The molecule has 1 N–H and O–H groups in total. The molecule has 1 rings (SSSR count). The summed E-state index contributed by atoms with van der Waals surface area (Å²) in [5.74, 6) is 1.58. The van der Waals surface area contributed by atoms with Gasteiger partial charge in [-0.05, 0) is 44.4 Å². The van der Waals surface area contributed by atoms with Crippen molar-refractivity contribution in [2.24, 2.45) is 0 Å². The zero-order chi connectivity index (χ0) is 12.1. The summed E-state index contributed by atoms with van der Waals surface area (Å²) in [6.07, 6.45) is 1.13. The Labute approximate surface area is 99.0 Å². The van der Waals surface area contributed by atoms with Crippen molar-refractivity contribution < 1.29 is 4.74 Å². The van der Waals surface area contributed by atoms with E-state index in [0.29, 0.717) is 5.92 Å². The zero-order valence-electron chi connectivity index (χ0n) is 11.1. The zero-order valence-corrected chi connectivity index (χ0v) is 11.1. The number of benzene rings is 1. The van der Waals surface area contributed by atoms with Crippen molar-refractivity contribution in [3.63, 3.8) is 0 Å². The number of hydrogen-bond donors (Lipinski definition) is 1. The molecule has 0 saturated heterocycles. The van der Waals surface area contributed by atoms with Crippen LogP contribution in [-0.4, -0.2) is 20.7 Å². The van der Waals surface area contributed by atoms with Crippen molar-refractivity contribution in [2.75, 3.05) is 20.7 Å². The van der Waals surface area contributed by atoms with Crippen LogP contribution in [-0.2, 0) is 0 Å². The smallest absolute Gasteiger partial charge is 0.125 e. The molecule has 0 aliphatic heterocycles. The fourth-order valence-corrected chi connectivity index (χ4v) is 2.29. The molecule has 0 aromatic heterocycles. The van der Waals surface area contributed by atoms with Gasteiger partial charge in [0.2, 0.25) is 0 Å². The fourth-order valence-electron chi connectivity index (χ4n) is 2.29. The fraction of sp³-hybridized carbons (Fsp3) is 0.571. The summed E-state index contributed by atoms with van der Waals surface area (Å²) in [5, 5.41) is 3.25. The van der Waals surface area contributed by atoms with Crippen molar-refractivity contribution in [1.82, 2.24) is 5.32 Å². The van der Waals surface area contributed by atoms with E-state index in [4.69, 9.17) is 4.74 Å². The third-order valence-electron chi connectivity index (χ3n) is 3.03. The minimum Gasteiger partial charge on any atom is -0.496 e. The Morgan fingerprint density at radius 1 is 1.31 bits per heavy atom. The van der Waals surface area contributed by atoms with Crippen LogP contribution >= 0.6 is 0 Å². The average molecular weight is 221 g/mol. The van der Waals surface area contributed by atoms with E-state index in [2.05, 4.69) is 38.2 Å². The number of aryl methyl sites for hydroxylation is 2. The lowest BCUT2D eigenvalue weighted by Crippen LogP contribution is -2.17. The number of rotatable bonds is 5. The molecular weight excluding hydrogens is 198 g/mol. The van der Waals surface area contributed by atoms with Crippen molar-refractivity contribution in [3.05, 3.63) is 28.8 Å². The third-order valence-corrected chi connectivity index (χ3v) is 3.03. The first-order chi connectivity index (χ1) is 7.63. The highest BCUT2D eigenvalue weighted by Crippen LogP contribution is 2.32. The van der Waals surface area contributed by atoms with Crippen molar-refractivity contribution in [3.8, 4) is 5.75 Å². The van der Waals surface area contributed by atoms with Crippen molar-refractivity contribution in [1.29, 1.82) is 0 Å². The van der Waals surface area contributed by atoms with Gasteiger partial charge in [0.15, 0.2) is 0 Å². The second-order valence-corrected chi connectivity index (χ2v) is 4.37. The Morgan fingerprint density at radius 3 is 2.50 bits per heavy atom. The lowest BCUT2D eigenvalue weighted by molar-refractivity contribution is 0.400. The average Bonchev–Trinajstić information content (AvgIpc) is 2.25. The molecule has 0 aliphatic carbocycles. The van der Waals surface area contributed by atoms with Gasteiger partial charge < -0.3 is 10.1 Å². The van der Waals surface area contributed by atoms with Gasteiger partial charge in [-0.15, -0.1) is 0 Å². The van der Waals surface area contributed by atoms with Crippen LogP contribution in [0.4, 0.5) is 0 Å². The first-order valence-corrected chi connectivity index (χ1v) is 5.93. The maximum absolute atomic E-state index is 5.53. The van der Waals surface area contributed by atoms with Gasteiger partial charge >= 0.3 is 0 Å². The first-order valence-electron chi connectivity index (χ1n) is 5.93. The number of nitrogens with one attached hydrogen (secondary N) is 1. The summed E-state index contributed by atoms with van der Waals surface area (Å²) < 4.78 is 5.53. The van der Waals surface area contributed by atoms with Crippen molar-refractivity contribution >= 4 is 0 Å². The molecule has 16 heavy (non-hydrogen) atoms. The predicted octanol–water partition coefficient (Wildman–Crippen LogP) is 3.03. The van der Waals surface area contributed by atoms with Gasteiger partial charge in [-0.2, -0.15) is 0 Å². The highest BCUT2D eigenvalue weighted by molar-refractivity contribution is 5.45. The summed E-state index contributed by atoms with van der Waals surface area (Å²) in [6.45, 7) is 7.47. The molecule has 0 spiro atoms. The summed E-state index contributed by atoms with van der Waals surface area (Å²) >= 11 is 0. The van der Waals surface area contributed by atoms with Crippen LogP contribution in [0.15, 0.2) is 12.1 Å². The van der Waals surface area contributed by atoms with E-state index in [-0.39, 0.29) is 0 Å². The van der Waals surface area contributed by atoms with E-state index < -0.39 is 0 Å². The van der Waals surface area contributed by atoms with Gasteiger partial charge in [-0.25, -0.2) is 0 Å². The summed E-state index contributed by atoms with van der Waals surface area (Å²) in [7, 11) is 3.76. The van der Waals surface area contributed by atoms with E-state index in [9.17, 15) is 0 Å². The Kier molecular flexibility index (Phi) is 4.81. The highest BCUT2D eigenvalue weighted by Gasteiger charge is 2.15. The molecule has 0 aliphatic rings. The Bertz CT molecular complexity index is 347. The van der Waals surface area contributed by atoms with Crippen LogP contribution in [0.5, 0.6) is 5.75 Å². The van der Waals surface area contributed by atoms with E-state index in [1.54, 1.807) is 7.11 Å². The molecule has 0 bridgehead atoms. The number of hydrogen-bond acceptors (Lipinski definition) is 2. The minimum atomic E-state index is 0.526. The third kappa shape index (κ3) is 2.76. The molecule has 1 unspecified atom stereocenters. The molecule has 0 fully saturated rings. The van der Waals surface area contributed by atoms with Crippen LogP contribution in [0.25, 0.3) is 0 Å². The first kappa shape index (κ1) is 13.0. The Hall–Kier alpha value is -1.02. The normalized spacial score (nSPS) is 12.6. The quantitative estimate of drug-likeness (QED) is 0.825. The van der Waals surface area contributed by atoms with Crippen LogP contribution in [0.1, 0.15) is 36.0 Å². The van der Waals surface area contributed by atoms with Crippen LogP contribution in [0, 0.1) is 13.8 Å². The molecule has 0 radical (unpaired) electrons. The molecule has 0 saturated carbocycles. The second kappa shape index (κ2) is 5.90. The Balaban J connectivity index is 3.17. The van der Waals surface area contributed by atoms with E-state index >= 15 is 0 Å². The molecule has 0 heterocycles. The molecule has 1 aromatic rings. The molecule has 90 valence electrons. The highest BCUT2D eigenvalue weighted by atomic mass is 16.5. The maximum Gasteiger partial charge on any atom is 0.125 e. The predicted molar refractivity (Wildman–Crippen MR) is 69.4 cm³/mol. The molecule has 1 atom stereocenters. The molecule has 0 amide bonds. The Morgan fingerprint density at radius 2 is 2.00 bits per heavy atom. The lowest BCUT2D eigenvalue weighted by atomic mass is 9.92. The van der Waals surface area contributed by atoms with Gasteiger partial charge in [-0.1, -0.05) is 24.6 Å². The lowest BCUT2D eigenvalue weighted by Gasteiger charge is -2.20. The minimum absolute atomic E-state index is 0.526. The largest absolute Gasteiger partial charge is 0.496 e. The van der Waals surface area contributed by atoms with E-state index in [1.165, 1.54) is 16.7 Å². The van der Waals surface area contributed by atoms with Gasteiger partial charge in [0.25, 0.3) is 0 Å². The van der Waals surface area contributed by atoms with Crippen LogP contribution < -0.4 is 10.1 Å². The summed E-state index contributed by atoms with van der Waals surface area (Å²) in [6, 6.07) is 4.42. The second-order valence-electron chi connectivity index (χ2n) is 4.37. The van der Waals surface area contributed by atoms with Gasteiger partial charge in [0.1, 0.15) is 5.75 Å². The molecule has 1 aromatic carbocycles.